The molecule has 90 valence electrons. The zero-order valence-corrected chi connectivity index (χ0v) is 9.60. The first-order chi connectivity index (χ1) is 8.20. The van der Waals surface area contributed by atoms with Gasteiger partial charge in [-0.1, -0.05) is 0 Å². The summed E-state index contributed by atoms with van der Waals surface area (Å²) >= 11 is 0. The van der Waals surface area contributed by atoms with Crippen LogP contribution in [0.25, 0.3) is 10.9 Å². The number of nitro benzene ring substituents is 1. The average Bonchev–Trinajstić information content (AvgIpc) is 2.70. The van der Waals surface area contributed by atoms with Crippen molar-refractivity contribution in [3.8, 4) is 0 Å². The Morgan fingerprint density at radius 1 is 1.41 bits per heavy atom. The Balaban J connectivity index is 2.21. The van der Waals surface area contributed by atoms with Gasteiger partial charge in [0, 0.05) is 41.8 Å². The highest BCUT2D eigenvalue weighted by Gasteiger charge is 2.08. The molecule has 1 N–H and O–H groups in total. The Bertz CT molecular complexity index is 534. The van der Waals surface area contributed by atoms with Crippen LogP contribution >= 0.6 is 0 Å². The Morgan fingerprint density at radius 3 is 2.94 bits per heavy atom. The molecule has 0 amide bonds. The molecule has 1 aromatic heterocycles. The van der Waals surface area contributed by atoms with Crippen molar-refractivity contribution >= 4 is 16.6 Å². The molecule has 0 unspecified atom stereocenters. The van der Waals surface area contributed by atoms with E-state index >= 15 is 0 Å². The number of hydrogen-bond donors (Lipinski definition) is 1. The van der Waals surface area contributed by atoms with Crippen LogP contribution in [0.2, 0.25) is 0 Å². The first kappa shape index (κ1) is 11.6. The van der Waals surface area contributed by atoms with Crippen molar-refractivity contribution in [2.24, 2.45) is 0 Å². The predicted octanol–water partition coefficient (Wildman–Crippen LogP) is 2.66. The zero-order valence-electron chi connectivity index (χ0n) is 9.60. The maximum Gasteiger partial charge on any atom is 0.270 e. The zero-order chi connectivity index (χ0) is 12.3. The fourth-order valence-corrected chi connectivity index (χ4v) is 1.75. The number of fused-ring (bicyclic) bond motifs is 1. The monoisotopic (exact) mass is 234 g/mol. The van der Waals surface area contributed by atoms with Crippen molar-refractivity contribution in [1.29, 1.82) is 0 Å². The first-order valence-electron chi connectivity index (χ1n) is 5.54. The van der Waals surface area contributed by atoms with Gasteiger partial charge in [0.15, 0.2) is 0 Å². The fraction of sp³-hybridized carbons (Fsp3) is 0.333. The molecule has 1 heterocycles. The third kappa shape index (κ3) is 2.62. The summed E-state index contributed by atoms with van der Waals surface area (Å²) in [5, 5.41) is 11.5. The van der Waals surface area contributed by atoms with Crippen molar-refractivity contribution in [1.82, 2.24) is 4.98 Å². The van der Waals surface area contributed by atoms with Crippen molar-refractivity contribution in [3.05, 3.63) is 40.1 Å². The molecule has 2 aromatic rings. The van der Waals surface area contributed by atoms with Crippen molar-refractivity contribution < 1.29 is 9.66 Å². The number of aromatic nitrogens is 1. The van der Waals surface area contributed by atoms with Gasteiger partial charge in [-0.2, -0.15) is 0 Å². The second-order valence-corrected chi connectivity index (χ2v) is 3.77. The lowest BCUT2D eigenvalue weighted by molar-refractivity contribution is -0.384. The normalized spacial score (nSPS) is 10.9. The van der Waals surface area contributed by atoms with E-state index < -0.39 is 0 Å². The topological polar surface area (TPSA) is 68.2 Å². The minimum atomic E-state index is -0.383. The maximum absolute atomic E-state index is 10.6. The maximum atomic E-state index is 10.6. The van der Waals surface area contributed by atoms with Gasteiger partial charge in [-0.05, 0) is 19.1 Å². The van der Waals surface area contributed by atoms with E-state index in [0.717, 1.165) is 23.0 Å². The van der Waals surface area contributed by atoms with E-state index in [1.54, 1.807) is 12.1 Å². The standard InChI is InChI=1S/C12H14N2O3/c1-2-17-6-5-10-7-9-8-11(14(15)16)3-4-12(9)13-10/h3-4,7-8,13H,2,5-6H2,1H3. The number of nitro groups is 1. The third-order valence-corrected chi connectivity index (χ3v) is 2.59. The molecule has 5 nitrogen and oxygen atoms in total. The summed E-state index contributed by atoms with van der Waals surface area (Å²) in [6, 6.07) is 6.75. The number of nitrogens with zero attached hydrogens (tertiary/aromatic N) is 1. The summed E-state index contributed by atoms with van der Waals surface area (Å²) in [6.45, 7) is 3.31. The molecule has 0 spiro atoms. The predicted molar refractivity (Wildman–Crippen MR) is 65.2 cm³/mol. The minimum Gasteiger partial charge on any atom is -0.381 e. The van der Waals surface area contributed by atoms with Gasteiger partial charge in [0.25, 0.3) is 5.69 Å². The number of aromatic amines is 1. The molecule has 0 saturated heterocycles. The van der Waals surface area contributed by atoms with E-state index in [4.69, 9.17) is 4.74 Å². The Hall–Kier alpha value is -1.88. The van der Waals surface area contributed by atoms with Crippen LogP contribution in [0.15, 0.2) is 24.3 Å². The molecular formula is C12H14N2O3. The van der Waals surface area contributed by atoms with Gasteiger partial charge in [0.2, 0.25) is 0 Å². The van der Waals surface area contributed by atoms with Gasteiger partial charge >= 0.3 is 0 Å². The van der Waals surface area contributed by atoms with Crippen LogP contribution in [0.1, 0.15) is 12.6 Å². The molecular weight excluding hydrogens is 220 g/mol. The fourth-order valence-electron chi connectivity index (χ4n) is 1.75. The molecule has 0 aliphatic rings. The van der Waals surface area contributed by atoms with Crippen LogP contribution in [0.3, 0.4) is 0 Å². The highest BCUT2D eigenvalue weighted by Crippen LogP contribution is 2.21. The Morgan fingerprint density at radius 2 is 2.24 bits per heavy atom. The Kier molecular flexibility index (Phi) is 3.39. The number of H-pyrrole nitrogens is 1. The van der Waals surface area contributed by atoms with Gasteiger partial charge in [0.05, 0.1) is 11.5 Å². The van der Waals surface area contributed by atoms with Gasteiger partial charge in [-0.15, -0.1) is 0 Å². The second-order valence-electron chi connectivity index (χ2n) is 3.77. The largest absolute Gasteiger partial charge is 0.381 e. The van der Waals surface area contributed by atoms with Gasteiger partial charge < -0.3 is 9.72 Å². The number of nitrogens with one attached hydrogen (secondary N) is 1. The quantitative estimate of drug-likeness (QED) is 0.491. The molecule has 17 heavy (non-hydrogen) atoms. The molecule has 1 aromatic carbocycles. The highest BCUT2D eigenvalue weighted by atomic mass is 16.6. The lowest BCUT2D eigenvalue weighted by atomic mass is 10.2. The molecule has 5 heteroatoms. The van der Waals surface area contributed by atoms with E-state index in [-0.39, 0.29) is 10.6 Å². The number of ether oxygens (including phenoxy) is 1. The lowest BCUT2D eigenvalue weighted by Gasteiger charge is -1.97. The molecule has 0 atom stereocenters. The minimum absolute atomic E-state index is 0.118. The molecule has 0 saturated carbocycles. The Labute approximate surface area is 98.5 Å². The van der Waals surface area contributed by atoms with Crippen molar-refractivity contribution in [2.45, 2.75) is 13.3 Å². The summed E-state index contributed by atoms with van der Waals surface area (Å²) in [6.07, 6.45) is 0.788. The van der Waals surface area contributed by atoms with E-state index in [0.29, 0.717) is 13.2 Å². The van der Waals surface area contributed by atoms with Gasteiger partial charge in [0.1, 0.15) is 0 Å². The molecule has 0 aliphatic heterocycles. The van der Waals surface area contributed by atoms with E-state index in [9.17, 15) is 10.1 Å². The smallest absolute Gasteiger partial charge is 0.270 e. The summed E-state index contributed by atoms with van der Waals surface area (Å²) in [7, 11) is 0. The second kappa shape index (κ2) is 4.97. The first-order valence-corrected chi connectivity index (χ1v) is 5.54. The summed E-state index contributed by atoms with van der Waals surface area (Å²) in [5.41, 5.74) is 2.07. The summed E-state index contributed by atoms with van der Waals surface area (Å²) in [4.78, 5) is 13.5. The third-order valence-electron chi connectivity index (χ3n) is 2.59. The summed E-state index contributed by atoms with van der Waals surface area (Å²) in [5.74, 6) is 0. The van der Waals surface area contributed by atoms with E-state index in [1.807, 2.05) is 13.0 Å². The van der Waals surface area contributed by atoms with Gasteiger partial charge in [-0.25, -0.2) is 0 Å². The molecule has 0 aliphatic carbocycles. The molecule has 2 rings (SSSR count). The average molecular weight is 234 g/mol. The highest BCUT2D eigenvalue weighted by molar-refractivity contribution is 5.82. The van der Waals surface area contributed by atoms with Crippen LogP contribution in [0.5, 0.6) is 0 Å². The van der Waals surface area contributed by atoms with Crippen molar-refractivity contribution in [3.63, 3.8) is 0 Å². The van der Waals surface area contributed by atoms with Gasteiger partial charge in [-0.3, -0.25) is 10.1 Å². The number of non-ortho nitro benzene ring substituents is 1. The number of rotatable bonds is 5. The van der Waals surface area contributed by atoms with Crippen LogP contribution in [0, 0.1) is 10.1 Å². The van der Waals surface area contributed by atoms with Crippen LogP contribution in [-0.4, -0.2) is 23.1 Å². The number of benzene rings is 1. The van der Waals surface area contributed by atoms with E-state index in [2.05, 4.69) is 4.98 Å². The number of hydrogen-bond acceptors (Lipinski definition) is 3. The SMILES string of the molecule is CCOCCc1cc2cc([N+](=O)[O-])ccc2[nH]1. The van der Waals surface area contributed by atoms with Crippen LogP contribution < -0.4 is 0 Å². The van der Waals surface area contributed by atoms with Crippen LogP contribution in [-0.2, 0) is 11.2 Å². The van der Waals surface area contributed by atoms with E-state index in [1.165, 1.54) is 6.07 Å². The molecule has 0 bridgehead atoms. The molecule has 0 radical (unpaired) electrons. The molecule has 0 fully saturated rings. The lowest BCUT2D eigenvalue weighted by Crippen LogP contribution is -1.97. The van der Waals surface area contributed by atoms with Crippen molar-refractivity contribution in [2.75, 3.05) is 13.2 Å². The summed E-state index contributed by atoms with van der Waals surface area (Å²) < 4.78 is 5.27. The van der Waals surface area contributed by atoms with Crippen LogP contribution in [0.4, 0.5) is 5.69 Å².